The maximum atomic E-state index is 5.20. The highest BCUT2D eigenvalue weighted by atomic mass is 16.5. The van der Waals surface area contributed by atoms with Gasteiger partial charge in [0.1, 0.15) is 17.9 Å². The van der Waals surface area contributed by atoms with Gasteiger partial charge in [-0.2, -0.15) is 0 Å². The summed E-state index contributed by atoms with van der Waals surface area (Å²) in [6.45, 7) is 10.9. The number of aryl methyl sites for hydroxylation is 2. The van der Waals surface area contributed by atoms with Gasteiger partial charge in [0.2, 0.25) is 0 Å². The summed E-state index contributed by atoms with van der Waals surface area (Å²) >= 11 is 0. The van der Waals surface area contributed by atoms with Crippen LogP contribution in [0.4, 0.5) is 0 Å². The zero-order valence-electron chi connectivity index (χ0n) is 18.9. The first-order chi connectivity index (χ1) is 15.7. The van der Waals surface area contributed by atoms with E-state index >= 15 is 0 Å². The highest BCUT2D eigenvalue weighted by Gasteiger charge is 2.20. The van der Waals surface area contributed by atoms with Gasteiger partial charge in [0.05, 0.1) is 12.2 Å². The van der Waals surface area contributed by atoms with E-state index < -0.39 is 0 Å². The minimum Gasteiger partial charge on any atom is -0.361 e. The predicted molar refractivity (Wildman–Crippen MR) is 123 cm³/mol. The normalized spacial score (nSPS) is 15.3. The Labute approximate surface area is 189 Å². The summed E-state index contributed by atoms with van der Waals surface area (Å²) in [5.41, 5.74) is 2.20. The van der Waals surface area contributed by atoms with Crippen molar-refractivity contribution in [2.75, 3.05) is 32.7 Å². The smallest absolute Gasteiger partial charge is 0.194 e. The van der Waals surface area contributed by atoms with Crippen LogP contribution in [0, 0.1) is 6.92 Å². The maximum Gasteiger partial charge on any atom is 0.194 e. The van der Waals surface area contributed by atoms with Crippen LogP contribution in [0.3, 0.4) is 0 Å². The van der Waals surface area contributed by atoms with E-state index in [9.17, 15) is 0 Å². The Morgan fingerprint density at radius 2 is 1.97 bits per heavy atom. The molecule has 1 fully saturated rings. The number of benzene rings is 1. The van der Waals surface area contributed by atoms with Crippen LogP contribution in [0.5, 0.6) is 0 Å². The number of rotatable bonds is 8. The molecule has 1 aliphatic heterocycles. The van der Waals surface area contributed by atoms with E-state index in [0.29, 0.717) is 6.54 Å². The van der Waals surface area contributed by atoms with Gasteiger partial charge in [0, 0.05) is 58.3 Å². The van der Waals surface area contributed by atoms with E-state index in [0.717, 1.165) is 75.5 Å². The van der Waals surface area contributed by atoms with E-state index in [4.69, 9.17) is 9.52 Å². The average molecular weight is 437 g/mol. The first-order valence-electron chi connectivity index (χ1n) is 11.3. The molecule has 0 unspecified atom stereocenters. The third-order valence-corrected chi connectivity index (χ3v) is 5.64. The fraction of sp³-hybridized carbons (Fsp3) is 0.478. The van der Waals surface area contributed by atoms with E-state index in [2.05, 4.69) is 66.2 Å². The van der Waals surface area contributed by atoms with Gasteiger partial charge in [-0.3, -0.25) is 4.90 Å². The summed E-state index contributed by atoms with van der Waals surface area (Å²) < 4.78 is 7.30. The maximum absolute atomic E-state index is 5.20. The molecule has 170 valence electrons. The lowest BCUT2D eigenvalue weighted by atomic mass is 10.2. The summed E-state index contributed by atoms with van der Waals surface area (Å²) in [4.78, 5) is 9.69. The van der Waals surface area contributed by atoms with Crippen LogP contribution < -0.4 is 5.32 Å². The highest BCUT2D eigenvalue weighted by molar-refractivity contribution is 5.80. The minimum absolute atomic E-state index is 0.661. The van der Waals surface area contributed by atoms with Crippen molar-refractivity contribution in [1.29, 1.82) is 0 Å². The first-order valence-corrected chi connectivity index (χ1v) is 11.3. The summed E-state index contributed by atoms with van der Waals surface area (Å²) in [5, 5.41) is 15.9. The van der Waals surface area contributed by atoms with E-state index in [1.54, 1.807) is 6.33 Å². The molecule has 3 heterocycles. The standard InChI is InChI=1S/C23H32N8O/c1-3-22-27-26-18-31(22)10-9-24-23(25-16-20-7-5-4-6-8-20)30-13-11-29(12-14-30)17-21-15-19(2)32-28-21/h4-8,15,18H,3,9-14,16-17H2,1-2H3,(H,24,25). The largest absolute Gasteiger partial charge is 0.361 e. The average Bonchev–Trinajstić information content (AvgIpc) is 3.45. The van der Waals surface area contributed by atoms with Crippen molar-refractivity contribution in [2.45, 2.75) is 39.9 Å². The van der Waals surface area contributed by atoms with Gasteiger partial charge in [0.15, 0.2) is 5.96 Å². The lowest BCUT2D eigenvalue weighted by Gasteiger charge is -2.36. The van der Waals surface area contributed by atoms with Crippen LogP contribution in [0.1, 0.15) is 29.8 Å². The summed E-state index contributed by atoms with van der Waals surface area (Å²) in [7, 11) is 0. The van der Waals surface area contributed by atoms with Gasteiger partial charge in [0.25, 0.3) is 0 Å². The quantitative estimate of drug-likeness (QED) is 0.427. The summed E-state index contributed by atoms with van der Waals surface area (Å²) in [6.07, 6.45) is 2.67. The van der Waals surface area contributed by atoms with Crippen LogP contribution in [-0.2, 0) is 26.1 Å². The number of nitrogens with zero attached hydrogens (tertiary/aromatic N) is 7. The SMILES string of the molecule is CCc1nncn1CCNC(=NCc1ccccc1)N1CCN(Cc2cc(C)on2)CC1. The number of piperazine rings is 1. The molecule has 0 bridgehead atoms. The predicted octanol–water partition coefficient (Wildman–Crippen LogP) is 2.10. The van der Waals surface area contributed by atoms with Gasteiger partial charge in [-0.15, -0.1) is 10.2 Å². The molecule has 0 aliphatic carbocycles. The molecular weight excluding hydrogens is 404 g/mol. The molecule has 9 heteroatoms. The molecule has 9 nitrogen and oxygen atoms in total. The van der Waals surface area contributed by atoms with Crippen molar-refractivity contribution >= 4 is 5.96 Å². The molecule has 1 N–H and O–H groups in total. The molecule has 4 rings (SSSR count). The first kappa shape index (κ1) is 22.0. The Balaban J connectivity index is 1.36. The molecule has 0 atom stereocenters. The summed E-state index contributed by atoms with van der Waals surface area (Å²) in [6, 6.07) is 12.4. The Morgan fingerprint density at radius 1 is 1.16 bits per heavy atom. The monoisotopic (exact) mass is 436 g/mol. The Kier molecular flexibility index (Phi) is 7.50. The third kappa shape index (κ3) is 5.94. The second kappa shape index (κ2) is 10.9. The topological polar surface area (TPSA) is 87.6 Å². The highest BCUT2D eigenvalue weighted by Crippen LogP contribution is 2.10. The van der Waals surface area contributed by atoms with Gasteiger partial charge >= 0.3 is 0 Å². The van der Waals surface area contributed by atoms with Crippen LogP contribution in [0.25, 0.3) is 0 Å². The molecule has 3 aromatic rings. The zero-order valence-corrected chi connectivity index (χ0v) is 18.9. The van der Waals surface area contributed by atoms with Crippen molar-refractivity contribution in [3.8, 4) is 0 Å². The number of nitrogens with one attached hydrogen (secondary N) is 1. The van der Waals surface area contributed by atoms with Gasteiger partial charge in [-0.25, -0.2) is 4.99 Å². The molecule has 0 saturated carbocycles. The number of aliphatic imine (C=N–C) groups is 1. The van der Waals surface area contributed by atoms with Crippen LogP contribution in [0.2, 0.25) is 0 Å². The summed E-state index contributed by atoms with van der Waals surface area (Å²) in [5.74, 6) is 2.82. The molecule has 1 aromatic carbocycles. The van der Waals surface area contributed by atoms with E-state index in [1.807, 2.05) is 19.1 Å². The van der Waals surface area contributed by atoms with Gasteiger partial charge in [-0.05, 0) is 12.5 Å². The van der Waals surface area contributed by atoms with Crippen molar-refractivity contribution < 1.29 is 4.52 Å². The fourth-order valence-electron chi connectivity index (χ4n) is 3.88. The number of hydrogen-bond acceptors (Lipinski definition) is 6. The molecule has 0 radical (unpaired) electrons. The molecule has 0 amide bonds. The molecule has 0 spiro atoms. The number of hydrogen-bond donors (Lipinski definition) is 1. The van der Waals surface area contributed by atoms with Crippen LogP contribution in [-0.4, -0.2) is 68.4 Å². The fourth-order valence-corrected chi connectivity index (χ4v) is 3.88. The second-order valence-electron chi connectivity index (χ2n) is 8.04. The number of aromatic nitrogens is 4. The van der Waals surface area contributed by atoms with E-state index in [1.165, 1.54) is 5.56 Å². The molecule has 1 saturated heterocycles. The number of guanidine groups is 1. The van der Waals surface area contributed by atoms with Gasteiger partial charge in [-0.1, -0.05) is 42.4 Å². The second-order valence-corrected chi connectivity index (χ2v) is 8.04. The molecule has 2 aromatic heterocycles. The molecule has 32 heavy (non-hydrogen) atoms. The van der Waals surface area contributed by atoms with Crippen molar-refractivity contribution in [3.05, 3.63) is 65.6 Å². The van der Waals surface area contributed by atoms with Crippen molar-refractivity contribution in [3.63, 3.8) is 0 Å². The van der Waals surface area contributed by atoms with Crippen LogP contribution in [0.15, 0.2) is 52.2 Å². The van der Waals surface area contributed by atoms with Crippen molar-refractivity contribution in [1.82, 2.24) is 35.0 Å². The third-order valence-electron chi connectivity index (χ3n) is 5.64. The lowest BCUT2D eigenvalue weighted by molar-refractivity contribution is 0.168. The lowest BCUT2D eigenvalue weighted by Crippen LogP contribution is -2.52. The van der Waals surface area contributed by atoms with Crippen molar-refractivity contribution in [2.24, 2.45) is 4.99 Å². The Morgan fingerprint density at radius 3 is 2.69 bits per heavy atom. The Hall–Kier alpha value is -3.20. The van der Waals surface area contributed by atoms with E-state index in [-0.39, 0.29) is 0 Å². The zero-order chi connectivity index (χ0) is 22.2. The molecule has 1 aliphatic rings. The Bertz CT molecular complexity index is 988. The van der Waals surface area contributed by atoms with Gasteiger partial charge < -0.3 is 19.3 Å². The molecular formula is C23H32N8O. The van der Waals surface area contributed by atoms with Crippen LogP contribution >= 0.6 is 0 Å². The minimum atomic E-state index is 0.661.